The number of halogens is 1. The summed E-state index contributed by atoms with van der Waals surface area (Å²) in [7, 11) is 1.60. The van der Waals surface area contributed by atoms with E-state index in [1.54, 1.807) is 23.3 Å². The number of rotatable bonds is 4. The monoisotopic (exact) mass is 408 g/mol. The minimum atomic E-state index is -0.338. The maximum atomic E-state index is 12.1. The summed E-state index contributed by atoms with van der Waals surface area (Å²) in [5, 5.41) is 10.0. The molecule has 2 aliphatic rings. The van der Waals surface area contributed by atoms with E-state index in [4.69, 9.17) is 19.7 Å². The number of carbonyl (C=O) groups is 1. The number of benzene rings is 1. The number of anilines is 2. The zero-order valence-corrected chi connectivity index (χ0v) is 16.6. The van der Waals surface area contributed by atoms with E-state index in [1.807, 2.05) is 18.2 Å². The molecule has 0 spiro atoms. The Morgan fingerprint density at radius 1 is 1.41 bits per heavy atom. The van der Waals surface area contributed by atoms with Crippen LogP contribution in [0, 0.1) is 17.2 Å². The van der Waals surface area contributed by atoms with E-state index in [0.29, 0.717) is 13.2 Å². The lowest BCUT2D eigenvalue weighted by atomic mass is 9.99. The smallest absolute Gasteiger partial charge is 0.414 e. The number of fused-ring (bicyclic) bond motifs is 1. The predicted octanol–water partition coefficient (Wildman–Crippen LogP) is 3.43. The van der Waals surface area contributed by atoms with Gasteiger partial charge in [0, 0.05) is 31.8 Å². The molecular weight excluding hydrogens is 388 g/mol. The van der Waals surface area contributed by atoms with Gasteiger partial charge in [-0.25, -0.2) is 9.78 Å². The van der Waals surface area contributed by atoms with Crippen molar-refractivity contribution < 1.29 is 14.3 Å². The fourth-order valence-corrected chi connectivity index (χ4v) is 4.46. The van der Waals surface area contributed by atoms with Gasteiger partial charge in [0.05, 0.1) is 29.4 Å². The number of piperidine rings is 1. The van der Waals surface area contributed by atoms with Crippen LogP contribution >= 0.6 is 23.7 Å². The molecule has 144 valence electrons. The second-order valence-corrected chi connectivity index (χ2v) is 7.62. The van der Waals surface area contributed by atoms with E-state index in [1.165, 1.54) is 0 Å². The number of hydrogen-bond donors (Lipinski definition) is 0. The van der Waals surface area contributed by atoms with Crippen LogP contribution in [-0.4, -0.2) is 50.5 Å². The SMILES string of the molecule is COC[C@H]1CN(c2ccc3nc(N4CCC(C#N)CC4)sc3c2)C(=O)O1.Cl. The molecule has 2 aromatic rings. The predicted molar refractivity (Wildman–Crippen MR) is 107 cm³/mol. The normalized spacial score (nSPS) is 20.4. The lowest BCUT2D eigenvalue weighted by molar-refractivity contribution is 0.0718. The first kappa shape index (κ1) is 19.7. The van der Waals surface area contributed by atoms with Crippen LogP contribution in [0.2, 0.25) is 0 Å². The molecule has 2 fully saturated rings. The number of cyclic esters (lactones) is 1. The van der Waals surface area contributed by atoms with Gasteiger partial charge in [0.2, 0.25) is 0 Å². The lowest BCUT2D eigenvalue weighted by Gasteiger charge is -2.28. The molecule has 0 aliphatic carbocycles. The third-order valence-corrected chi connectivity index (χ3v) is 5.93. The first-order valence-corrected chi connectivity index (χ1v) is 9.52. The highest BCUT2D eigenvalue weighted by Crippen LogP contribution is 2.34. The van der Waals surface area contributed by atoms with Crippen molar-refractivity contribution in [2.75, 3.05) is 43.2 Å². The Bertz CT molecular complexity index is 860. The summed E-state index contributed by atoms with van der Waals surface area (Å²) in [5.74, 6) is 0.161. The van der Waals surface area contributed by atoms with Gasteiger partial charge in [-0.1, -0.05) is 11.3 Å². The molecule has 27 heavy (non-hydrogen) atoms. The van der Waals surface area contributed by atoms with E-state index < -0.39 is 0 Å². The van der Waals surface area contributed by atoms with Gasteiger partial charge in [0.25, 0.3) is 0 Å². The van der Waals surface area contributed by atoms with Gasteiger partial charge in [-0.05, 0) is 31.0 Å². The third-order valence-electron chi connectivity index (χ3n) is 4.85. The summed E-state index contributed by atoms with van der Waals surface area (Å²) in [5.41, 5.74) is 1.75. The van der Waals surface area contributed by atoms with Crippen molar-refractivity contribution in [1.29, 1.82) is 5.26 Å². The summed E-state index contributed by atoms with van der Waals surface area (Å²) in [6.45, 7) is 2.61. The van der Waals surface area contributed by atoms with E-state index in [9.17, 15) is 4.79 Å². The van der Waals surface area contributed by atoms with Crippen molar-refractivity contribution >= 4 is 50.9 Å². The molecule has 1 atom stereocenters. The molecule has 1 aromatic heterocycles. The quantitative estimate of drug-likeness (QED) is 0.771. The van der Waals surface area contributed by atoms with Crippen molar-refractivity contribution in [1.82, 2.24) is 4.98 Å². The number of thiazole rings is 1. The Morgan fingerprint density at radius 3 is 2.89 bits per heavy atom. The third kappa shape index (κ3) is 3.95. The number of carbonyl (C=O) groups excluding carboxylic acids is 1. The highest BCUT2D eigenvalue weighted by atomic mass is 35.5. The number of nitriles is 1. The van der Waals surface area contributed by atoms with Crippen LogP contribution in [0.4, 0.5) is 15.6 Å². The van der Waals surface area contributed by atoms with E-state index in [0.717, 1.165) is 47.0 Å². The number of hydrogen-bond acceptors (Lipinski definition) is 7. The van der Waals surface area contributed by atoms with Crippen LogP contribution in [-0.2, 0) is 9.47 Å². The fourth-order valence-electron chi connectivity index (χ4n) is 3.41. The molecule has 1 amide bonds. The van der Waals surface area contributed by atoms with E-state index in [2.05, 4.69) is 11.0 Å². The summed E-state index contributed by atoms with van der Waals surface area (Å²) < 4.78 is 11.4. The highest BCUT2D eigenvalue weighted by molar-refractivity contribution is 7.22. The van der Waals surface area contributed by atoms with Crippen molar-refractivity contribution in [3.05, 3.63) is 18.2 Å². The number of amides is 1. The van der Waals surface area contributed by atoms with Gasteiger partial charge in [0.1, 0.15) is 6.10 Å². The number of methoxy groups -OCH3 is 1. The van der Waals surface area contributed by atoms with Crippen LogP contribution < -0.4 is 9.80 Å². The van der Waals surface area contributed by atoms with Gasteiger partial charge < -0.3 is 14.4 Å². The zero-order chi connectivity index (χ0) is 18.1. The summed E-state index contributed by atoms with van der Waals surface area (Å²) >= 11 is 1.63. The van der Waals surface area contributed by atoms with Gasteiger partial charge in [0.15, 0.2) is 5.13 Å². The van der Waals surface area contributed by atoms with Crippen LogP contribution in [0.25, 0.3) is 10.2 Å². The molecule has 0 unspecified atom stereocenters. The average molecular weight is 409 g/mol. The molecule has 4 rings (SSSR count). The number of nitrogens with zero attached hydrogens (tertiary/aromatic N) is 4. The molecule has 0 saturated carbocycles. The molecule has 2 saturated heterocycles. The first-order valence-electron chi connectivity index (χ1n) is 8.70. The average Bonchev–Trinajstić information content (AvgIpc) is 3.24. The highest BCUT2D eigenvalue weighted by Gasteiger charge is 2.32. The van der Waals surface area contributed by atoms with E-state index in [-0.39, 0.29) is 30.5 Å². The second-order valence-electron chi connectivity index (χ2n) is 6.61. The summed E-state index contributed by atoms with van der Waals surface area (Å²) in [6.07, 6.45) is 1.20. The Hall–Kier alpha value is -2.08. The lowest BCUT2D eigenvalue weighted by Crippen LogP contribution is -2.33. The minimum Gasteiger partial charge on any atom is -0.441 e. The molecule has 0 radical (unpaired) electrons. The Morgan fingerprint density at radius 2 is 2.19 bits per heavy atom. The molecule has 1 aromatic carbocycles. The summed E-state index contributed by atoms with van der Waals surface area (Å²) in [6, 6.07) is 8.21. The summed E-state index contributed by atoms with van der Waals surface area (Å²) in [4.78, 5) is 20.7. The fraction of sp³-hybridized carbons (Fsp3) is 0.500. The molecule has 2 aliphatic heterocycles. The molecule has 7 nitrogen and oxygen atoms in total. The van der Waals surface area contributed by atoms with Crippen molar-refractivity contribution in [2.45, 2.75) is 18.9 Å². The molecule has 3 heterocycles. The van der Waals surface area contributed by atoms with Gasteiger partial charge >= 0.3 is 6.09 Å². The van der Waals surface area contributed by atoms with Crippen molar-refractivity contribution in [3.8, 4) is 6.07 Å². The Kier molecular flexibility index (Phi) is 6.05. The maximum Gasteiger partial charge on any atom is 0.414 e. The van der Waals surface area contributed by atoms with Gasteiger partial charge in [-0.2, -0.15) is 5.26 Å². The molecule has 9 heteroatoms. The Labute approximate surface area is 167 Å². The molecule has 0 bridgehead atoms. The standard InChI is InChI=1S/C18H20N4O3S.ClH/c1-24-11-14-10-22(18(23)25-14)13-2-3-15-16(8-13)26-17(20-15)21-6-4-12(9-19)5-7-21;/h2-3,8,12,14H,4-7,10-11H2,1H3;1H/t14-;/m1./s1. The van der Waals surface area contributed by atoms with E-state index >= 15 is 0 Å². The first-order chi connectivity index (χ1) is 12.7. The minimum absolute atomic E-state index is 0. The van der Waals surface area contributed by atoms with Crippen LogP contribution in [0.3, 0.4) is 0 Å². The molecule has 0 N–H and O–H groups in total. The van der Waals surface area contributed by atoms with Gasteiger partial charge in [-0.3, -0.25) is 4.90 Å². The van der Waals surface area contributed by atoms with Gasteiger partial charge in [-0.15, -0.1) is 12.4 Å². The van der Waals surface area contributed by atoms with Crippen molar-refractivity contribution in [3.63, 3.8) is 0 Å². The maximum absolute atomic E-state index is 12.1. The second kappa shape index (κ2) is 8.30. The number of ether oxygens (including phenoxy) is 2. The van der Waals surface area contributed by atoms with Crippen LogP contribution in [0.5, 0.6) is 0 Å². The topological polar surface area (TPSA) is 78.7 Å². The van der Waals surface area contributed by atoms with Crippen LogP contribution in [0.15, 0.2) is 18.2 Å². The Balaban J connectivity index is 0.00000210. The van der Waals surface area contributed by atoms with Crippen LogP contribution in [0.1, 0.15) is 12.8 Å². The number of aromatic nitrogens is 1. The van der Waals surface area contributed by atoms with Crippen molar-refractivity contribution in [2.24, 2.45) is 5.92 Å². The largest absolute Gasteiger partial charge is 0.441 e. The molecular formula is C18H21ClN4O3S. The zero-order valence-electron chi connectivity index (χ0n) is 15.0.